The molecule has 0 bridgehead atoms. The first-order chi connectivity index (χ1) is 16.2. The molecule has 0 unspecified atom stereocenters. The lowest BCUT2D eigenvalue weighted by Crippen LogP contribution is -2.15. The molecule has 3 N–H and O–H groups in total. The summed E-state index contributed by atoms with van der Waals surface area (Å²) in [4.78, 5) is 10.6. The van der Waals surface area contributed by atoms with Gasteiger partial charge in [-0.15, -0.1) is 10.2 Å². The number of nitrogens with one attached hydrogen (secondary N) is 2. The van der Waals surface area contributed by atoms with Crippen molar-refractivity contribution in [2.75, 3.05) is 6.54 Å². The second-order valence-corrected chi connectivity index (χ2v) is 8.06. The summed E-state index contributed by atoms with van der Waals surface area (Å²) in [6.07, 6.45) is 0.830. The maximum absolute atomic E-state index is 10.6. The molecule has 0 aliphatic heterocycles. The van der Waals surface area contributed by atoms with E-state index in [2.05, 4.69) is 91.2 Å². The number of benzene rings is 3. The van der Waals surface area contributed by atoms with Crippen LogP contribution >= 0.6 is 0 Å². The molecule has 8 nitrogen and oxygen atoms in total. The van der Waals surface area contributed by atoms with Crippen molar-refractivity contribution in [3.63, 3.8) is 0 Å². The Bertz CT molecular complexity index is 1390. The largest absolute Gasteiger partial charge is 0.481 e. The third-order valence-electron chi connectivity index (χ3n) is 5.81. The van der Waals surface area contributed by atoms with Gasteiger partial charge in [0.2, 0.25) is 5.82 Å². The van der Waals surface area contributed by atoms with Gasteiger partial charge in [0.15, 0.2) is 0 Å². The summed E-state index contributed by atoms with van der Waals surface area (Å²) in [5.74, 6) is -0.168. The van der Waals surface area contributed by atoms with E-state index in [1.54, 1.807) is 0 Å². The van der Waals surface area contributed by atoms with Crippen molar-refractivity contribution < 1.29 is 9.90 Å². The highest BCUT2D eigenvalue weighted by Gasteiger charge is 2.13. The Morgan fingerprint density at radius 1 is 0.970 bits per heavy atom. The first kappa shape index (κ1) is 20.8. The van der Waals surface area contributed by atoms with Crippen LogP contribution in [0.4, 0.5) is 0 Å². The van der Waals surface area contributed by atoms with Crippen molar-refractivity contribution in [1.82, 2.24) is 30.5 Å². The lowest BCUT2D eigenvalue weighted by Gasteiger charge is -2.10. The topological polar surface area (TPSA) is 109 Å². The minimum atomic E-state index is -0.753. The molecule has 5 aromatic rings. The Morgan fingerprint density at radius 3 is 2.55 bits per heavy atom. The molecule has 3 aromatic carbocycles. The van der Waals surface area contributed by atoms with Gasteiger partial charge in [0.1, 0.15) is 0 Å². The number of hydrogen-bond acceptors (Lipinski definition) is 5. The predicted octanol–water partition coefficient (Wildman–Crippen LogP) is 3.98. The lowest BCUT2D eigenvalue weighted by molar-refractivity contribution is -0.137. The van der Waals surface area contributed by atoms with Crippen molar-refractivity contribution in [2.24, 2.45) is 0 Å². The molecule has 5 rings (SSSR count). The van der Waals surface area contributed by atoms with Gasteiger partial charge in [0.25, 0.3) is 0 Å². The Labute approximate surface area is 190 Å². The van der Waals surface area contributed by atoms with Gasteiger partial charge in [-0.2, -0.15) is 5.21 Å². The van der Waals surface area contributed by atoms with Crippen LogP contribution in [0.1, 0.15) is 24.0 Å². The normalized spacial score (nSPS) is 11.4. The van der Waals surface area contributed by atoms with Gasteiger partial charge in [-0.25, -0.2) is 0 Å². The summed E-state index contributed by atoms with van der Waals surface area (Å²) in [6, 6.07) is 23.3. The Balaban J connectivity index is 1.38. The molecule has 0 fully saturated rings. The zero-order valence-corrected chi connectivity index (χ0v) is 18.0. The fourth-order valence-corrected chi connectivity index (χ4v) is 4.19. The summed E-state index contributed by atoms with van der Waals surface area (Å²) in [5.41, 5.74) is 5.67. The van der Waals surface area contributed by atoms with Crippen molar-refractivity contribution in [3.05, 3.63) is 77.9 Å². The molecule has 0 amide bonds. The van der Waals surface area contributed by atoms with Crippen molar-refractivity contribution in [1.29, 1.82) is 0 Å². The van der Waals surface area contributed by atoms with Gasteiger partial charge in [0.05, 0.1) is 0 Å². The van der Waals surface area contributed by atoms with Crippen LogP contribution < -0.4 is 5.32 Å². The van der Waals surface area contributed by atoms with Crippen LogP contribution in [0.5, 0.6) is 0 Å². The van der Waals surface area contributed by atoms with Crippen LogP contribution in [0.3, 0.4) is 0 Å². The van der Waals surface area contributed by atoms with Crippen molar-refractivity contribution in [2.45, 2.75) is 25.9 Å². The van der Waals surface area contributed by atoms with Gasteiger partial charge < -0.3 is 15.0 Å². The zero-order chi connectivity index (χ0) is 22.6. The smallest absolute Gasteiger partial charge is 0.303 e. The Kier molecular flexibility index (Phi) is 5.82. The number of aromatic amines is 1. The molecule has 33 heavy (non-hydrogen) atoms. The lowest BCUT2D eigenvalue weighted by atomic mass is 10.1. The molecule has 0 aliphatic rings. The molecule has 0 spiro atoms. The third kappa shape index (κ3) is 4.47. The van der Waals surface area contributed by atoms with E-state index in [1.165, 1.54) is 22.0 Å². The number of carboxylic acid groups (broad SMARTS) is 1. The number of rotatable bonds is 9. The molecule has 0 atom stereocenters. The minimum absolute atomic E-state index is 0.196. The Hall–Kier alpha value is -4.04. The number of aliphatic carboxylic acids is 1. The van der Waals surface area contributed by atoms with Crippen LogP contribution in [-0.2, 0) is 17.9 Å². The molecule has 0 saturated heterocycles. The summed E-state index contributed by atoms with van der Waals surface area (Å²) in [5, 5.41) is 28.8. The zero-order valence-electron chi connectivity index (χ0n) is 18.0. The number of fused-ring (bicyclic) bond motifs is 3. The van der Waals surface area contributed by atoms with Crippen LogP contribution in [0.25, 0.3) is 33.2 Å². The molecule has 2 heterocycles. The van der Waals surface area contributed by atoms with Crippen LogP contribution in [0.2, 0.25) is 0 Å². The van der Waals surface area contributed by atoms with E-state index in [0.717, 1.165) is 29.6 Å². The molecule has 0 aliphatic carbocycles. The van der Waals surface area contributed by atoms with Gasteiger partial charge in [0, 0.05) is 46.9 Å². The van der Waals surface area contributed by atoms with Gasteiger partial charge in [-0.05, 0) is 53.6 Å². The highest BCUT2D eigenvalue weighted by molar-refractivity contribution is 6.09. The van der Waals surface area contributed by atoms with Crippen LogP contribution in [-0.4, -0.2) is 42.8 Å². The van der Waals surface area contributed by atoms with Crippen molar-refractivity contribution >= 4 is 27.8 Å². The number of carbonyl (C=O) groups is 1. The van der Waals surface area contributed by atoms with Gasteiger partial charge >= 0.3 is 5.97 Å². The summed E-state index contributed by atoms with van der Waals surface area (Å²) in [6.45, 7) is 2.19. The van der Waals surface area contributed by atoms with Gasteiger partial charge in [-0.3, -0.25) is 4.79 Å². The number of para-hydroxylation sites is 1. The maximum Gasteiger partial charge on any atom is 0.303 e. The second-order valence-electron chi connectivity index (χ2n) is 8.06. The minimum Gasteiger partial charge on any atom is -0.481 e. The van der Waals surface area contributed by atoms with E-state index in [1.807, 2.05) is 6.07 Å². The third-order valence-corrected chi connectivity index (χ3v) is 5.81. The first-order valence-corrected chi connectivity index (χ1v) is 10.9. The van der Waals surface area contributed by atoms with Gasteiger partial charge in [-0.1, -0.05) is 42.5 Å². The molecule has 0 radical (unpaired) electrons. The number of aromatic nitrogens is 5. The summed E-state index contributed by atoms with van der Waals surface area (Å²) in [7, 11) is 0. The molecule has 8 heteroatoms. The standard InChI is InChI=1S/C25H24N6O2/c32-24(33)6-3-13-26-15-17-7-9-18(10-8-17)16-31-22-5-2-1-4-20(22)21-14-19(11-12-23(21)31)25-27-29-30-28-25/h1-2,4-5,7-12,14,26H,3,6,13,15-16H2,(H,32,33)(H,27,28,29,30). The number of nitrogens with zero attached hydrogens (tertiary/aromatic N) is 4. The maximum atomic E-state index is 10.6. The monoisotopic (exact) mass is 440 g/mol. The highest BCUT2D eigenvalue weighted by Crippen LogP contribution is 2.32. The number of carboxylic acids is 1. The van der Waals surface area contributed by atoms with E-state index >= 15 is 0 Å². The summed E-state index contributed by atoms with van der Waals surface area (Å²) < 4.78 is 2.34. The number of hydrogen-bond donors (Lipinski definition) is 3. The van der Waals surface area contributed by atoms with E-state index in [9.17, 15) is 4.79 Å². The number of H-pyrrole nitrogens is 1. The Morgan fingerprint density at radius 2 is 1.76 bits per heavy atom. The van der Waals surface area contributed by atoms with E-state index < -0.39 is 5.97 Å². The first-order valence-electron chi connectivity index (χ1n) is 10.9. The SMILES string of the molecule is O=C(O)CCCNCc1ccc(Cn2c3ccccc3c3cc(-c4nn[nH]n4)ccc32)cc1. The molecular formula is C25H24N6O2. The predicted molar refractivity (Wildman–Crippen MR) is 127 cm³/mol. The molecule has 2 aromatic heterocycles. The number of tetrazole rings is 1. The quantitative estimate of drug-likeness (QED) is 0.299. The highest BCUT2D eigenvalue weighted by atomic mass is 16.4. The average Bonchev–Trinajstić information content (AvgIpc) is 3.47. The second kappa shape index (κ2) is 9.22. The summed E-state index contributed by atoms with van der Waals surface area (Å²) >= 11 is 0. The van der Waals surface area contributed by atoms with E-state index in [4.69, 9.17) is 5.11 Å². The van der Waals surface area contributed by atoms with Crippen LogP contribution in [0, 0.1) is 0 Å². The molecular weight excluding hydrogens is 416 g/mol. The van der Waals surface area contributed by atoms with Crippen LogP contribution in [0.15, 0.2) is 66.7 Å². The molecule has 0 saturated carbocycles. The van der Waals surface area contributed by atoms with E-state index in [0.29, 0.717) is 18.8 Å². The molecule has 166 valence electrons. The van der Waals surface area contributed by atoms with Crippen molar-refractivity contribution in [3.8, 4) is 11.4 Å². The average molecular weight is 441 g/mol. The van der Waals surface area contributed by atoms with E-state index in [-0.39, 0.29) is 6.42 Å². The fourth-order valence-electron chi connectivity index (χ4n) is 4.19. The fraction of sp³-hybridized carbons (Fsp3) is 0.200.